The van der Waals surface area contributed by atoms with Crippen molar-refractivity contribution in [1.29, 1.82) is 0 Å². The number of thioether (sulfide) groups is 1. The van der Waals surface area contributed by atoms with E-state index in [1.54, 1.807) is 23.1 Å². The average Bonchev–Trinajstić information content (AvgIpc) is 3.28. The van der Waals surface area contributed by atoms with Gasteiger partial charge < -0.3 is 4.74 Å². The molecule has 0 aliphatic carbocycles. The largest absolute Gasteiger partial charge is 0.486 e. The number of benzene rings is 2. The van der Waals surface area contributed by atoms with Gasteiger partial charge in [-0.05, 0) is 29.3 Å². The second-order valence-electron chi connectivity index (χ2n) is 7.23. The highest BCUT2D eigenvalue weighted by Crippen LogP contribution is 2.35. The van der Waals surface area contributed by atoms with E-state index in [9.17, 15) is 18.0 Å². The lowest BCUT2D eigenvalue weighted by molar-refractivity contribution is -0.127. The van der Waals surface area contributed by atoms with E-state index in [-0.39, 0.29) is 17.6 Å². The van der Waals surface area contributed by atoms with Gasteiger partial charge in [0.15, 0.2) is 0 Å². The van der Waals surface area contributed by atoms with Gasteiger partial charge in [-0.3, -0.25) is 9.69 Å². The molecule has 2 aliphatic heterocycles. The molecular weight excluding hydrogens is 443 g/mol. The van der Waals surface area contributed by atoms with E-state index in [1.807, 2.05) is 36.4 Å². The maximum Gasteiger partial charge on any atom is 0.393 e. The Balaban J connectivity index is 1.42. The van der Waals surface area contributed by atoms with Gasteiger partial charge in [0.2, 0.25) is 0 Å². The number of nitrogens with zero attached hydrogens (tertiary/aromatic N) is 1. The van der Waals surface area contributed by atoms with E-state index in [0.29, 0.717) is 33.5 Å². The highest BCUT2D eigenvalue weighted by Gasteiger charge is 2.33. The molecule has 0 radical (unpaired) electrons. The third-order valence-corrected chi connectivity index (χ3v) is 6.22. The van der Waals surface area contributed by atoms with Crippen molar-refractivity contribution >= 4 is 40.0 Å². The molecule has 2 aromatic rings. The SMILES string of the molecule is O=C1/C(=C/C2CC=C(c3cccc(CC(F)(F)F)c3)O2)SC(=S)N1Cc1ccccc1. The van der Waals surface area contributed by atoms with Crippen LogP contribution in [0.2, 0.25) is 0 Å². The smallest absolute Gasteiger partial charge is 0.393 e. The van der Waals surface area contributed by atoms with E-state index in [4.69, 9.17) is 17.0 Å². The Bertz CT molecular complexity index is 1060. The van der Waals surface area contributed by atoms with E-state index in [1.165, 1.54) is 23.9 Å². The molecule has 0 saturated carbocycles. The molecule has 31 heavy (non-hydrogen) atoms. The maximum atomic E-state index is 12.8. The Hall–Kier alpha value is -2.58. The number of hydrogen-bond acceptors (Lipinski definition) is 4. The van der Waals surface area contributed by atoms with Crippen molar-refractivity contribution < 1.29 is 22.7 Å². The summed E-state index contributed by atoms with van der Waals surface area (Å²) in [7, 11) is 0. The van der Waals surface area contributed by atoms with Crippen molar-refractivity contribution in [2.45, 2.75) is 31.7 Å². The Morgan fingerprint density at radius 3 is 2.61 bits per heavy atom. The number of hydrogen-bond donors (Lipinski definition) is 0. The van der Waals surface area contributed by atoms with Crippen LogP contribution in [0.25, 0.3) is 5.76 Å². The topological polar surface area (TPSA) is 29.5 Å². The van der Waals surface area contributed by atoms with Gasteiger partial charge in [-0.1, -0.05) is 72.5 Å². The van der Waals surface area contributed by atoms with Crippen LogP contribution in [0.1, 0.15) is 23.1 Å². The van der Waals surface area contributed by atoms with Crippen LogP contribution in [0.3, 0.4) is 0 Å². The van der Waals surface area contributed by atoms with Gasteiger partial charge in [0.1, 0.15) is 16.2 Å². The minimum atomic E-state index is -4.26. The first-order valence-electron chi connectivity index (χ1n) is 9.61. The standard InChI is InChI=1S/C23H18F3NO2S2/c24-23(25,26)13-16-7-4-8-17(11-16)19-10-9-18(29-19)12-20-21(28)27(22(30)31-20)14-15-5-2-1-3-6-15/h1-8,10-12,18H,9,13-14H2/b20-12-. The number of carbonyl (C=O) groups is 1. The molecule has 1 amide bonds. The molecule has 2 aliphatic rings. The van der Waals surface area contributed by atoms with E-state index in [2.05, 4.69) is 0 Å². The van der Waals surface area contributed by atoms with E-state index in [0.717, 1.165) is 5.56 Å². The lowest BCUT2D eigenvalue weighted by Crippen LogP contribution is -2.27. The van der Waals surface area contributed by atoms with Crippen LogP contribution in [-0.2, 0) is 22.5 Å². The van der Waals surface area contributed by atoms with Crippen LogP contribution in [0.15, 0.2) is 71.7 Å². The number of ether oxygens (including phenoxy) is 1. The number of alkyl halides is 3. The molecule has 3 nitrogen and oxygen atoms in total. The van der Waals surface area contributed by atoms with Crippen molar-refractivity contribution in [2.24, 2.45) is 0 Å². The maximum absolute atomic E-state index is 12.8. The molecule has 2 heterocycles. The fraction of sp³-hybridized carbons (Fsp3) is 0.217. The second-order valence-corrected chi connectivity index (χ2v) is 8.90. The lowest BCUT2D eigenvalue weighted by atomic mass is 10.1. The summed E-state index contributed by atoms with van der Waals surface area (Å²) in [4.78, 5) is 14.9. The normalized spacial score (nSPS) is 20.4. The molecule has 0 N–H and O–H groups in total. The van der Waals surface area contributed by atoms with Crippen LogP contribution >= 0.6 is 24.0 Å². The Labute approximate surface area is 187 Å². The van der Waals surface area contributed by atoms with Crippen molar-refractivity contribution in [3.8, 4) is 0 Å². The molecule has 1 saturated heterocycles. The molecular formula is C23H18F3NO2S2. The summed E-state index contributed by atoms with van der Waals surface area (Å²) in [6.45, 7) is 0.407. The summed E-state index contributed by atoms with van der Waals surface area (Å²) >= 11 is 6.61. The van der Waals surface area contributed by atoms with Crippen LogP contribution in [0.5, 0.6) is 0 Å². The highest BCUT2D eigenvalue weighted by molar-refractivity contribution is 8.26. The van der Waals surface area contributed by atoms with E-state index >= 15 is 0 Å². The monoisotopic (exact) mass is 461 g/mol. The van der Waals surface area contributed by atoms with Crippen molar-refractivity contribution in [1.82, 2.24) is 4.90 Å². The zero-order valence-corrected chi connectivity index (χ0v) is 17.9. The first-order chi connectivity index (χ1) is 14.8. The van der Waals surface area contributed by atoms with Gasteiger partial charge in [0.05, 0.1) is 17.9 Å². The fourth-order valence-electron chi connectivity index (χ4n) is 3.42. The minimum Gasteiger partial charge on any atom is -0.486 e. The fourth-order valence-corrected chi connectivity index (χ4v) is 4.70. The Kier molecular flexibility index (Phi) is 6.20. The molecule has 8 heteroatoms. The summed E-state index contributed by atoms with van der Waals surface area (Å²) in [6, 6.07) is 15.8. The zero-order chi connectivity index (χ0) is 22.0. The van der Waals surface area contributed by atoms with Crippen molar-refractivity contribution in [3.05, 3.63) is 88.3 Å². The summed E-state index contributed by atoms with van der Waals surface area (Å²) in [5, 5.41) is 0. The third-order valence-electron chi connectivity index (χ3n) is 4.82. The summed E-state index contributed by atoms with van der Waals surface area (Å²) in [5.41, 5.74) is 1.76. The number of amides is 1. The molecule has 1 atom stereocenters. The van der Waals surface area contributed by atoms with E-state index < -0.39 is 12.6 Å². The quantitative estimate of drug-likeness (QED) is 0.412. The molecule has 0 spiro atoms. The highest BCUT2D eigenvalue weighted by atomic mass is 32.2. The molecule has 160 valence electrons. The lowest BCUT2D eigenvalue weighted by Gasteiger charge is -2.14. The molecule has 1 fully saturated rings. The van der Waals surface area contributed by atoms with Gasteiger partial charge in [-0.15, -0.1) is 0 Å². The molecule has 0 aromatic heterocycles. The third kappa shape index (κ3) is 5.37. The minimum absolute atomic E-state index is 0.164. The number of halogens is 3. The first-order valence-corrected chi connectivity index (χ1v) is 10.8. The van der Waals surface area contributed by atoms with Gasteiger partial charge in [-0.2, -0.15) is 13.2 Å². The number of thiocarbonyl (C=S) groups is 1. The van der Waals surface area contributed by atoms with Gasteiger partial charge in [-0.25, -0.2) is 0 Å². The Morgan fingerprint density at radius 2 is 1.87 bits per heavy atom. The molecule has 0 bridgehead atoms. The van der Waals surface area contributed by atoms with Gasteiger partial charge >= 0.3 is 6.18 Å². The molecule has 2 aromatic carbocycles. The van der Waals surface area contributed by atoms with Crippen LogP contribution in [0, 0.1) is 0 Å². The number of rotatable bonds is 5. The summed E-state index contributed by atoms with van der Waals surface area (Å²) < 4.78 is 44.4. The summed E-state index contributed by atoms with van der Waals surface area (Å²) in [6.07, 6.45) is -1.51. The van der Waals surface area contributed by atoms with Crippen LogP contribution in [0.4, 0.5) is 13.2 Å². The van der Waals surface area contributed by atoms with Gasteiger partial charge in [0.25, 0.3) is 5.91 Å². The number of carbonyl (C=O) groups excluding carboxylic acids is 1. The van der Waals surface area contributed by atoms with Gasteiger partial charge in [0, 0.05) is 12.0 Å². The second kappa shape index (κ2) is 8.88. The van der Waals surface area contributed by atoms with Crippen LogP contribution < -0.4 is 0 Å². The predicted molar refractivity (Wildman–Crippen MR) is 119 cm³/mol. The zero-order valence-electron chi connectivity index (χ0n) is 16.3. The summed E-state index contributed by atoms with van der Waals surface area (Å²) in [5.74, 6) is 0.355. The Morgan fingerprint density at radius 1 is 1.13 bits per heavy atom. The molecule has 4 rings (SSSR count). The average molecular weight is 462 g/mol. The van der Waals surface area contributed by atoms with Crippen molar-refractivity contribution in [3.63, 3.8) is 0 Å². The predicted octanol–water partition coefficient (Wildman–Crippen LogP) is 5.87. The first kappa shape index (κ1) is 21.6. The molecule has 1 unspecified atom stereocenters. The van der Waals surface area contributed by atoms with Crippen LogP contribution in [-0.4, -0.2) is 27.4 Å². The van der Waals surface area contributed by atoms with Crippen molar-refractivity contribution in [2.75, 3.05) is 0 Å².